The fourth-order valence-corrected chi connectivity index (χ4v) is 4.29. The van der Waals surface area contributed by atoms with E-state index in [1.165, 1.54) is 0 Å². The lowest BCUT2D eigenvalue weighted by molar-refractivity contribution is -0.150. The third kappa shape index (κ3) is 2.07. The van der Waals surface area contributed by atoms with Crippen molar-refractivity contribution in [2.24, 2.45) is 11.1 Å². The molecule has 4 nitrogen and oxygen atoms in total. The van der Waals surface area contributed by atoms with Gasteiger partial charge < -0.3 is 15.4 Å². The number of amides is 1. The molecular weight excluding hydrogens is 260 g/mol. The lowest BCUT2D eigenvalue weighted by Gasteiger charge is -2.42. The number of thiocarbonyl (C=S) groups is 1. The van der Waals surface area contributed by atoms with E-state index in [9.17, 15) is 4.79 Å². The van der Waals surface area contributed by atoms with Crippen molar-refractivity contribution in [2.45, 2.75) is 57.1 Å². The second-order valence-electron chi connectivity index (χ2n) is 6.06. The van der Waals surface area contributed by atoms with Gasteiger partial charge in [0.25, 0.3) is 0 Å². The third-order valence-electron chi connectivity index (χ3n) is 5.08. The van der Waals surface area contributed by atoms with Gasteiger partial charge >= 0.3 is 0 Å². The van der Waals surface area contributed by atoms with Crippen LogP contribution >= 0.6 is 12.2 Å². The second-order valence-corrected chi connectivity index (χ2v) is 6.50. The highest BCUT2D eigenvalue weighted by atomic mass is 32.1. The van der Waals surface area contributed by atoms with Crippen molar-refractivity contribution >= 4 is 23.1 Å². The molecule has 3 fully saturated rings. The Hall–Kier alpha value is -0.680. The fourth-order valence-electron chi connectivity index (χ4n) is 4.00. The van der Waals surface area contributed by atoms with Crippen molar-refractivity contribution in [2.75, 3.05) is 13.2 Å². The number of fused-ring (bicyclic) bond motifs is 1. The zero-order chi connectivity index (χ0) is 13.5. The number of morpholine rings is 1. The zero-order valence-corrected chi connectivity index (χ0v) is 12.1. The summed E-state index contributed by atoms with van der Waals surface area (Å²) in [7, 11) is 0. The maximum Gasteiger partial charge on any atom is 0.236 e. The van der Waals surface area contributed by atoms with Crippen LogP contribution in [0.25, 0.3) is 0 Å². The molecule has 3 rings (SSSR count). The second kappa shape index (κ2) is 5.02. The van der Waals surface area contributed by atoms with Gasteiger partial charge in [0, 0.05) is 6.54 Å². The number of hydrogen-bond donors (Lipinski definition) is 1. The molecule has 1 heterocycles. The van der Waals surface area contributed by atoms with Crippen LogP contribution in [0.1, 0.15) is 44.9 Å². The van der Waals surface area contributed by atoms with E-state index in [0.29, 0.717) is 18.1 Å². The van der Waals surface area contributed by atoms with Gasteiger partial charge in [-0.2, -0.15) is 0 Å². The minimum absolute atomic E-state index is 0.178. The molecule has 2 aliphatic carbocycles. The van der Waals surface area contributed by atoms with E-state index >= 15 is 0 Å². The summed E-state index contributed by atoms with van der Waals surface area (Å²) in [6.45, 7) is 1.35. The van der Waals surface area contributed by atoms with Gasteiger partial charge in [-0.25, -0.2) is 0 Å². The number of carbonyl (C=O) groups is 1. The first-order valence-electron chi connectivity index (χ1n) is 7.38. The van der Waals surface area contributed by atoms with Gasteiger partial charge in [-0.1, -0.05) is 25.1 Å². The average molecular weight is 282 g/mol. The Morgan fingerprint density at radius 2 is 2.00 bits per heavy atom. The van der Waals surface area contributed by atoms with Crippen LogP contribution in [0.5, 0.6) is 0 Å². The molecule has 0 aromatic heterocycles. The van der Waals surface area contributed by atoms with Crippen LogP contribution in [0.3, 0.4) is 0 Å². The van der Waals surface area contributed by atoms with E-state index in [4.69, 9.17) is 22.7 Å². The average Bonchev–Trinajstić information content (AvgIpc) is 3.06. The molecule has 3 aliphatic rings. The van der Waals surface area contributed by atoms with Gasteiger partial charge in [-0.3, -0.25) is 4.79 Å². The van der Waals surface area contributed by atoms with Gasteiger partial charge in [0.15, 0.2) is 0 Å². The lowest BCUT2D eigenvalue weighted by Crippen LogP contribution is -2.57. The molecule has 2 atom stereocenters. The SMILES string of the molecule is NC(=S)C1(C(=O)N2CCOC3CCCC32)CCCC1. The van der Waals surface area contributed by atoms with E-state index in [-0.39, 0.29) is 18.1 Å². The molecule has 1 saturated heterocycles. The molecule has 0 radical (unpaired) electrons. The highest BCUT2D eigenvalue weighted by Gasteiger charge is 2.49. The van der Waals surface area contributed by atoms with Gasteiger partial charge in [-0.15, -0.1) is 0 Å². The van der Waals surface area contributed by atoms with E-state index in [0.717, 1.165) is 44.9 Å². The van der Waals surface area contributed by atoms with Crippen LogP contribution in [0.15, 0.2) is 0 Å². The smallest absolute Gasteiger partial charge is 0.236 e. The van der Waals surface area contributed by atoms with E-state index < -0.39 is 5.41 Å². The summed E-state index contributed by atoms with van der Waals surface area (Å²) in [6.07, 6.45) is 7.30. The molecular formula is C14H22N2O2S. The molecule has 0 spiro atoms. The van der Waals surface area contributed by atoms with Crippen LogP contribution in [0, 0.1) is 5.41 Å². The first kappa shape index (κ1) is 13.3. The molecule has 5 heteroatoms. The Labute approximate surface area is 119 Å². The van der Waals surface area contributed by atoms with Crippen LogP contribution < -0.4 is 5.73 Å². The normalized spacial score (nSPS) is 33.2. The largest absolute Gasteiger partial charge is 0.392 e. The minimum Gasteiger partial charge on any atom is -0.392 e. The molecule has 2 unspecified atom stereocenters. The summed E-state index contributed by atoms with van der Waals surface area (Å²) in [5, 5.41) is 0. The molecule has 1 aliphatic heterocycles. The predicted octanol–water partition coefficient (Wildman–Crippen LogP) is 1.61. The van der Waals surface area contributed by atoms with Gasteiger partial charge in [0.2, 0.25) is 5.91 Å². The quantitative estimate of drug-likeness (QED) is 0.782. The van der Waals surface area contributed by atoms with E-state index in [2.05, 4.69) is 0 Å². The van der Waals surface area contributed by atoms with E-state index in [1.54, 1.807) is 0 Å². The predicted molar refractivity (Wildman–Crippen MR) is 76.8 cm³/mol. The van der Waals surface area contributed by atoms with Gasteiger partial charge in [-0.05, 0) is 32.1 Å². The van der Waals surface area contributed by atoms with Gasteiger partial charge in [0.1, 0.15) is 0 Å². The molecule has 2 N–H and O–H groups in total. The monoisotopic (exact) mass is 282 g/mol. The number of carbonyl (C=O) groups excluding carboxylic acids is 1. The zero-order valence-electron chi connectivity index (χ0n) is 11.3. The topological polar surface area (TPSA) is 55.6 Å². The Bertz CT molecular complexity index is 393. The standard InChI is InChI=1S/C14H22N2O2S/c15-12(19)14(6-1-2-7-14)13(17)16-8-9-18-11-5-3-4-10(11)16/h10-11H,1-9H2,(H2,15,19). The molecule has 0 aromatic rings. The van der Waals surface area contributed by atoms with Crippen molar-refractivity contribution < 1.29 is 9.53 Å². The number of nitrogens with zero attached hydrogens (tertiary/aromatic N) is 1. The lowest BCUT2D eigenvalue weighted by atomic mass is 9.83. The maximum atomic E-state index is 13.0. The maximum absolute atomic E-state index is 13.0. The van der Waals surface area contributed by atoms with Crippen molar-refractivity contribution in [3.05, 3.63) is 0 Å². The highest BCUT2D eigenvalue weighted by Crippen LogP contribution is 2.42. The van der Waals surface area contributed by atoms with Crippen LogP contribution in [-0.4, -0.2) is 41.1 Å². The highest BCUT2D eigenvalue weighted by molar-refractivity contribution is 7.80. The molecule has 19 heavy (non-hydrogen) atoms. The number of nitrogens with two attached hydrogens (primary N) is 1. The van der Waals surface area contributed by atoms with Gasteiger partial charge in [0.05, 0.1) is 29.2 Å². The summed E-state index contributed by atoms with van der Waals surface area (Å²) in [6, 6.07) is 0.257. The number of ether oxygens (including phenoxy) is 1. The summed E-state index contributed by atoms with van der Waals surface area (Å²) < 4.78 is 5.78. The van der Waals surface area contributed by atoms with Crippen molar-refractivity contribution in [1.29, 1.82) is 0 Å². The summed E-state index contributed by atoms with van der Waals surface area (Å²) in [4.78, 5) is 15.4. The first-order chi connectivity index (χ1) is 9.15. The Morgan fingerprint density at radius 3 is 2.68 bits per heavy atom. The van der Waals surface area contributed by atoms with Crippen LogP contribution in [0.2, 0.25) is 0 Å². The van der Waals surface area contributed by atoms with Crippen LogP contribution in [-0.2, 0) is 9.53 Å². The molecule has 0 aromatic carbocycles. The Balaban J connectivity index is 1.84. The molecule has 2 saturated carbocycles. The number of hydrogen-bond acceptors (Lipinski definition) is 3. The van der Waals surface area contributed by atoms with E-state index in [1.807, 2.05) is 4.90 Å². The summed E-state index contributed by atoms with van der Waals surface area (Å²) in [5.74, 6) is 0.178. The third-order valence-corrected chi connectivity index (χ3v) is 5.47. The van der Waals surface area contributed by atoms with Crippen molar-refractivity contribution in [3.63, 3.8) is 0 Å². The Kier molecular flexibility index (Phi) is 3.52. The molecule has 0 bridgehead atoms. The summed E-state index contributed by atoms with van der Waals surface area (Å²) in [5.41, 5.74) is 5.37. The first-order valence-corrected chi connectivity index (χ1v) is 7.78. The van der Waals surface area contributed by atoms with Crippen molar-refractivity contribution in [3.8, 4) is 0 Å². The number of rotatable bonds is 2. The fraction of sp³-hybridized carbons (Fsp3) is 0.857. The molecule has 1 amide bonds. The molecule has 106 valence electrons. The summed E-state index contributed by atoms with van der Waals surface area (Å²) >= 11 is 5.23. The minimum atomic E-state index is -0.556. The van der Waals surface area contributed by atoms with Crippen LogP contribution in [0.4, 0.5) is 0 Å². The van der Waals surface area contributed by atoms with Crippen molar-refractivity contribution in [1.82, 2.24) is 4.90 Å². The Morgan fingerprint density at radius 1 is 1.26 bits per heavy atom.